The van der Waals surface area contributed by atoms with Crippen LogP contribution in [0.5, 0.6) is 0 Å². The van der Waals surface area contributed by atoms with E-state index in [1.165, 1.54) is 4.88 Å². The van der Waals surface area contributed by atoms with Crippen molar-refractivity contribution in [3.05, 3.63) is 32.4 Å². The zero-order valence-electron chi connectivity index (χ0n) is 10.1. The van der Waals surface area contributed by atoms with Gasteiger partial charge in [0.15, 0.2) is 0 Å². The van der Waals surface area contributed by atoms with E-state index in [9.17, 15) is 0 Å². The molecule has 2 aromatic heterocycles. The minimum absolute atomic E-state index is 0.536. The van der Waals surface area contributed by atoms with Crippen molar-refractivity contribution in [2.45, 2.75) is 32.7 Å². The molecule has 17 heavy (non-hydrogen) atoms. The molecule has 2 aromatic rings. The van der Waals surface area contributed by atoms with Crippen molar-refractivity contribution in [3.63, 3.8) is 0 Å². The first kappa shape index (κ1) is 12.7. The highest BCUT2D eigenvalue weighted by Gasteiger charge is 2.05. The lowest BCUT2D eigenvalue weighted by molar-refractivity contribution is 0.588. The Morgan fingerprint density at radius 1 is 1.29 bits per heavy atom. The zero-order valence-corrected chi connectivity index (χ0v) is 11.8. The number of rotatable bonds is 6. The molecule has 0 aliphatic heterocycles. The number of nitrogens with one attached hydrogen (secondary N) is 1. The average Bonchev–Trinajstić information content (AvgIpc) is 2.90. The Morgan fingerprint density at radius 2 is 2.12 bits per heavy atom. The molecule has 3 nitrogen and oxygen atoms in total. The highest BCUT2D eigenvalue weighted by atomic mass is 32.1. The van der Waals surface area contributed by atoms with E-state index < -0.39 is 0 Å². The van der Waals surface area contributed by atoms with Crippen LogP contribution in [0.25, 0.3) is 0 Å². The molecule has 0 fully saturated rings. The minimum atomic E-state index is 0.536. The number of nitrogens with zero attached hydrogens (tertiary/aromatic N) is 2. The summed E-state index contributed by atoms with van der Waals surface area (Å²) in [6.07, 6.45) is 1.90. The first-order chi connectivity index (χ1) is 8.24. The molecule has 0 saturated heterocycles. The van der Waals surface area contributed by atoms with E-state index in [-0.39, 0.29) is 0 Å². The third-order valence-electron chi connectivity index (χ3n) is 2.31. The van der Waals surface area contributed by atoms with Crippen LogP contribution in [0.3, 0.4) is 0 Å². The third kappa shape index (κ3) is 4.18. The highest BCUT2D eigenvalue weighted by Crippen LogP contribution is 2.18. The van der Waals surface area contributed by atoms with Gasteiger partial charge in [0.25, 0.3) is 0 Å². The molecule has 0 saturated carbocycles. The SMILES string of the molecule is CC(C)NCCc1nnc(Cc2cccs2)s1. The summed E-state index contributed by atoms with van der Waals surface area (Å²) in [6.45, 7) is 5.29. The van der Waals surface area contributed by atoms with Gasteiger partial charge in [0.2, 0.25) is 0 Å². The average molecular weight is 267 g/mol. The van der Waals surface area contributed by atoms with Gasteiger partial charge in [-0.05, 0) is 11.4 Å². The molecule has 0 aromatic carbocycles. The maximum atomic E-state index is 4.24. The smallest absolute Gasteiger partial charge is 0.122 e. The minimum Gasteiger partial charge on any atom is -0.314 e. The topological polar surface area (TPSA) is 37.8 Å². The van der Waals surface area contributed by atoms with E-state index in [0.29, 0.717) is 6.04 Å². The van der Waals surface area contributed by atoms with Crippen LogP contribution in [0, 0.1) is 0 Å². The van der Waals surface area contributed by atoms with E-state index in [1.54, 1.807) is 22.7 Å². The maximum absolute atomic E-state index is 4.24. The van der Waals surface area contributed by atoms with Gasteiger partial charge in [-0.2, -0.15) is 0 Å². The normalized spacial score (nSPS) is 11.2. The van der Waals surface area contributed by atoms with Crippen molar-refractivity contribution in [1.29, 1.82) is 0 Å². The number of thiophene rings is 1. The predicted molar refractivity (Wildman–Crippen MR) is 73.9 cm³/mol. The molecular formula is C12H17N3S2. The van der Waals surface area contributed by atoms with Crippen LogP contribution < -0.4 is 5.32 Å². The van der Waals surface area contributed by atoms with E-state index in [4.69, 9.17) is 0 Å². The molecule has 0 radical (unpaired) electrons. The van der Waals surface area contributed by atoms with Crippen molar-refractivity contribution in [2.75, 3.05) is 6.54 Å². The van der Waals surface area contributed by atoms with E-state index in [2.05, 4.69) is 46.9 Å². The van der Waals surface area contributed by atoms with E-state index in [0.717, 1.165) is 29.4 Å². The van der Waals surface area contributed by atoms with Crippen molar-refractivity contribution >= 4 is 22.7 Å². The molecular weight excluding hydrogens is 250 g/mol. The molecule has 92 valence electrons. The van der Waals surface area contributed by atoms with Crippen LogP contribution in [0.2, 0.25) is 0 Å². The second-order valence-electron chi connectivity index (χ2n) is 4.20. The molecule has 0 spiro atoms. The lowest BCUT2D eigenvalue weighted by Crippen LogP contribution is -2.24. The van der Waals surface area contributed by atoms with Gasteiger partial charge in [0.05, 0.1) is 0 Å². The van der Waals surface area contributed by atoms with Crippen molar-refractivity contribution in [3.8, 4) is 0 Å². The zero-order chi connectivity index (χ0) is 12.1. The summed E-state index contributed by atoms with van der Waals surface area (Å²) in [6, 6.07) is 4.76. The Hall–Kier alpha value is -0.780. The van der Waals surface area contributed by atoms with Gasteiger partial charge in [-0.3, -0.25) is 0 Å². The summed E-state index contributed by atoms with van der Waals surface area (Å²) in [5, 5.41) is 16.2. The Morgan fingerprint density at radius 3 is 2.82 bits per heavy atom. The standard InChI is InChI=1S/C12H17N3S2/c1-9(2)13-6-5-11-14-15-12(17-11)8-10-4-3-7-16-10/h3-4,7,9,13H,5-6,8H2,1-2H3. The molecule has 0 aliphatic carbocycles. The summed E-state index contributed by atoms with van der Waals surface area (Å²) in [5.41, 5.74) is 0. The summed E-state index contributed by atoms with van der Waals surface area (Å²) in [5.74, 6) is 0. The van der Waals surface area contributed by atoms with Crippen LogP contribution in [0.1, 0.15) is 28.7 Å². The van der Waals surface area contributed by atoms with Crippen LogP contribution in [-0.4, -0.2) is 22.8 Å². The van der Waals surface area contributed by atoms with Gasteiger partial charge in [-0.1, -0.05) is 19.9 Å². The Kier molecular flexibility index (Phi) is 4.65. The fraction of sp³-hybridized carbons (Fsp3) is 0.500. The number of hydrogen-bond acceptors (Lipinski definition) is 5. The molecule has 2 rings (SSSR count). The van der Waals surface area contributed by atoms with Crippen LogP contribution in [0.15, 0.2) is 17.5 Å². The fourth-order valence-electron chi connectivity index (χ4n) is 1.49. The predicted octanol–water partition coefficient (Wildman–Crippen LogP) is 2.73. The van der Waals surface area contributed by atoms with Crippen molar-refractivity contribution in [2.24, 2.45) is 0 Å². The third-order valence-corrected chi connectivity index (χ3v) is 4.17. The lowest BCUT2D eigenvalue weighted by Gasteiger charge is -2.04. The second-order valence-corrected chi connectivity index (χ2v) is 6.38. The van der Waals surface area contributed by atoms with E-state index in [1.807, 2.05) is 0 Å². The van der Waals surface area contributed by atoms with Crippen molar-refractivity contribution in [1.82, 2.24) is 15.5 Å². The molecule has 0 amide bonds. The molecule has 0 aliphatic rings. The highest BCUT2D eigenvalue weighted by molar-refractivity contribution is 7.12. The molecule has 1 N–H and O–H groups in total. The summed E-state index contributed by atoms with van der Waals surface area (Å²) < 4.78 is 0. The summed E-state index contributed by atoms with van der Waals surface area (Å²) in [4.78, 5) is 1.35. The van der Waals surface area contributed by atoms with Gasteiger partial charge < -0.3 is 5.32 Å². The maximum Gasteiger partial charge on any atom is 0.122 e. The second kappa shape index (κ2) is 6.23. The first-order valence-corrected chi connectivity index (χ1v) is 7.50. The number of hydrogen-bond donors (Lipinski definition) is 1. The fourth-order valence-corrected chi connectivity index (χ4v) is 3.16. The Balaban J connectivity index is 1.83. The van der Waals surface area contributed by atoms with Gasteiger partial charge >= 0.3 is 0 Å². The van der Waals surface area contributed by atoms with Gasteiger partial charge in [0.1, 0.15) is 10.0 Å². The largest absolute Gasteiger partial charge is 0.314 e. The molecule has 0 atom stereocenters. The van der Waals surface area contributed by atoms with Gasteiger partial charge in [-0.15, -0.1) is 32.9 Å². The Labute approximate surface area is 110 Å². The lowest BCUT2D eigenvalue weighted by atomic mass is 10.3. The van der Waals surface area contributed by atoms with Crippen molar-refractivity contribution < 1.29 is 0 Å². The molecule has 5 heteroatoms. The monoisotopic (exact) mass is 267 g/mol. The van der Waals surface area contributed by atoms with Gasteiger partial charge in [-0.25, -0.2) is 0 Å². The van der Waals surface area contributed by atoms with Crippen LogP contribution in [0.4, 0.5) is 0 Å². The number of aromatic nitrogens is 2. The molecule has 0 unspecified atom stereocenters. The van der Waals surface area contributed by atoms with Crippen LogP contribution >= 0.6 is 22.7 Å². The quantitative estimate of drug-likeness (QED) is 0.874. The Bertz CT molecular complexity index is 434. The van der Waals surface area contributed by atoms with Gasteiger partial charge in [0, 0.05) is 30.3 Å². The molecule has 0 bridgehead atoms. The van der Waals surface area contributed by atoms with Crippen LogP contribution in [-0.2, 0) is 12.8 Å². The first-order valence-electron chi connectivity index (χ1n) is 5.81. The summed E-state index contributed by atoms with van der Waals surface area (Å²) >= 11 is 3.50. The molecule has 2 heterocycles. The van der Waals surface area contributed by atoms with E-state index >= 15 is 0 Å². The summed E-state index contributed by atoms with van der Waals surface area (Å²) in [7, 11) is 0.